The van der Waals surface area contributed by atoms with Gasteiger partial charge in [-0.25, -0.2) is 4.98 Å². The van der Waals surface area contributed by atoms with Gasteiger partial charge >= 0.3 is 0 Å². The summed E-state index contributed by atoms with van der Waals surface area (Å²) >= 11 is 0. The molecule has 1 saturated heterocycles. The van der Waals surface area contributed by atoms with Crippen LogP contribution in [0.4, 0.5) is 0 Å². The predicted octanol–water partition coefficient (Wildman–Crippen LogP) is 0.832. The topological polar surface area (TPSA) is 89.1 Å². The van der Waals surface area contributed by atoms with Gasteiger partial charge in [-0.1, -0.05) is 0 Å². The van der Waals surface area contributed by atoms with Crippen LogP contribution in [0.3, 0.4) is 0 Å². The molecule has 1 aliphatic rings. The fourth-order valence-electron chi connectivity index (χ4n) is 3.33. The Bertz CT molecular complexity index is 893. The lowest BCUT2D eigenvalue weighted by atomic mass is 9.91. The Balaban J connectivity index is 1.46. The van der Waals surface area contributed by atoms with E-state index in [4.69, 9.17) is 0 Å². The van der Waals surface area contributed by atoms with E-state index in [2.05, 4.69) is 15.1 Å². The molecule has 0 radical (unpaired) electrons. The quantitative estimate of drug-likeness (QED) is 0.763. The summed E-state index contributed by atoms with van der Waals surface area (Å²) in [6, 6.07) is 1.82. The maximum atomic E-state index is 12.8. The first-order valence-electron chi connectivity index (χ1n) is 8.29. The van der Waals surface area contributed by atoms with Gasteiger partial charge in [0.25, 0.3) is 5.91 Å². The Kier molecular flexibility index (Phi) is 3.76. The number of pyridine rings is 1. The molecule has 0 spiro atoms. The van der Waals surface area contributed by atoms with Crippen molar-refractivity contribution in [1.82, 2.24) is 29.2 Å². The van der Waals surface area contributed by atoms with Gasteiger partial charge in [-0.2, -0.15) is 5.10 Å². The smallest absolute Gasteiger partial charge is 0.255 e. The molecule has 8 heteroatoms. The zero-order valence-electron chi connectivity index (χ0n) is 14.0. The predicted molar refractivity (Wildman–Crippen MR) is 90.8 cm³/mol. The largest absolute Gasteiger partial charge is 0.388 e. The second-order valence-corrected chi connectivity index (χ2v) is 6.65. The van der Waals surface area contributed by atoms with Gasteiger partial charge in [0, 0.05) is 38.7 Å². The third-order valence-corrected chi connectivity index (χ3v) is 4.86. The number of imidazole rings is 1. The Hall–Kier alpha value is -2.74. The summed E-state index contributed by atoms with van der Waals surface area (Å²) in [4.78, 5) is 22.9. The fraction of sp³-hybridized carbons (Fsp3) is 0.412. The molecule has 1 fully saturated rings. The average molecular weight is 340 g/mol. The standard InChI is InChI=1S/C17H20N6O2/c1-21-15-8-13(9-19-14(15)10-20-21)16(24)23-5-2-17(25,3-6-23)11-22-7-4-18-12-22/h4,7-10,12,25H,2-3,5-6,11H2,1H3. The van der Waals surface area contributed by atoms with Gasteiger partial charge in [-0.05, 0) is 18.9 Å². The third kappa shape index (κ3) is 3.00. The normalized spacial score (nSPS) is 17.1. The number of fused-ring (bicyclic) bond motifs is 1. The van der Waals surface area contributed by atoms with Crippen LogP contribution in [-0.4, -0.2) is 58.9 Å². The Morgan fingerprint density at radius 3 is 2.84 bits per heavy atom. The number of aryl methyl sites for hydroxylation is 1. The number of piperidine rings is 1. The second kappa shape index (κ2) is 5.96. The van der Waals surface area contributed by atoms with Crippen molar-refractivity contribution in [1.29, 1.82) is 0 Å². The molecular formula is C17H20N6O2. The minimum absolute atomic E-state index is 0.0553. The Morgan fingerprint density at radius 2 is 2.12 bits per heavy atom. The summed E-state index contributed by atoms with van der Waals surface area (Å²) in [6.45, 7) is 1.54. The van der Waals surface area contributed by atoms with Crippen LogP contribution >= 0.6 is 0 Å². The van der Waals surface area contributed by atoms with Gasteiger partial charge in [-0.15, -0.1) is 0 Å². The Labute approximate surface area is 144 Å². The molecule has 0 aromatic carbocycles. The first kappa shape index (κ1) is 15.8. The molecule has 1 N–H and O–H groups in total. The number of carbonyl (C=O) groups is 1. The highest BCUT2D eigenvalue weighted by Gasteiger charge is 2.34. The second-order valence-electron chi connectivity index (χ2n) is 6.65. The lowest BCUT2D eigenvalue weighted by Crippen LogP contribution is -2.48. The third-order valence-electron chi connectivity index (χ3n) is 4.86. The lowest BCUT2D eigenvalue weighted by molar-refractivity contribution is -0.0292. The van der Waals surface area contributed by atoms with E-state index in [0.29, 0.717) is 38.0 Å². The van der Waals surface area contributed by atoms with E-state index in [-0.39, 0.29) is 5.91 Å². The van der Waals surface area contributed by atoms with Crippen LogP contribution in [0.1, 0.15) is 23.2 Å². The van der Waals surface area contributed by atoms with Crippen LogP contribution in [0.5, 0.6) is 0 Å². The molecule has 3 aromatic heterocycles. The minimum atomic E-state index is -0.804. The van der Waals surface area contributed by atoms with Crippen molar-refractivity contribution in [3.05, 3.63) is 42.7 Å². The van der Waals surface area contributed by atoms with Crippen LogP contribution in [-0.2, 0) is 13.6 Å². The summed E-state index contributed by atoms with van der Waals surface area (Å²) in [5.74, 6) is -0.0553. The number of hydrogen-bond acceptors (Lipinski definition) is 5. The first-order valence-corrected chi connectivity index (χ1v) is 8.29. The number of rotatable bonds is 3. The number of nitrogens with zero attached hydrogens (tertiary/aromatic N) is 6. The van der Waals surface area contributed by atoms with Gasteiger partial charge in [-0.3, -0.25) is 14.5 Å². The zero-order chi connectivity index (χ0) is 17.4. The van der Waals surface area contributed by atoms with Gasteiger partial charge in [0.2, 0.25) is 0 Å². The molecule has 0 unspecified atom stereocenters. The molecule has 0 aliphatic carbocycles. The maximum Gasteiger partial charge on any atom is 0.255 e. The highest BCUT2D eigenvalue weighted by Crippen LogP contribution is 2.25. The minimum Gasteiger partial charge on any atom is -0.388 e. The molecule has 1 amide bonds. The molecular weight excluding hydrogens is 320 g/mol. The van der Waals surface area contributed by atoms with E-state index in [1.54, 1.807) is 34.5 Å². The van der Waals surface area contributed by atoms with Crippen molar-refractivity contribution < 1.29 is 9.90 Å². The summed E-state index contributed by atoms with van der Waals surface area (Å²) < 4.78 is 3.58. The number of carbonyl (C=O) groups excluding carboxylic acids is 1. The van der Waals surface area contributed by atoms with Crippen molar-refractivity contribution in [2.45, 2.75) is 25.0 Å². The van der Waals surface area contributed by atoms with E-state index in [1.807, 2.05) is 23.9 Å². The van der Waals surface area contributed by atoms with Crippen molar-refractivity contribution >= 4 is 16.9 Å². The number of aromatic nitrogens is 5. The van der Waals surface area contributed by atoms with Crippen molar-refractivity contribution in [3.63, 3.8) is 0 Å². The highest BCUT2D eigenvalue weighted by molar-refractivity contribution is 5.96. The molecule has 3 aromatic rings. The van der Waals surface area contributed by atoms with Gasteiger partial charge in [0.05, 0.1) is 35.8 Å². The number of amides is 1. The molecule has 1 aliphatic heterocycles. The summed E-state index contributed by atoms with van der Waals surface area (Å²) in [5.41, 5.74) is 1.35. The number of aliphatic hydroxyl groups is 1. The lowest BCUT2D eigenvalue weighted by Gasteiger charge is -2.38. The first-order chi connectivity index (χ1) is 12.0. The van der Waals surface area contributed by atoms with Gasteiger partial charge in [0.1, 0.15) is 5.52 Å². The number of likely N-dealkylation sites (tertiary alicyclic amines) is 1. The summed E-state index contributed by atoms with van der Waals surface area (Å²) in [7, 11) is 1.83. The van der Waals surface area contributed by atoms with Crippen LogP contribution in [0.15, 0.2) is 37.2 Å². The molecule has 4 rings (SSSR count). The maximum absolute atomic E-state index is 12.8. The molecule has 8 nitrogen and oxygen atoms in total. The molecule has 130 valence electrons. The van der Waals surface area contributed by atoms with Crippen LogP contribution in [0.2, 0.25) is 0 Å². The van der Waals surface area contributed by atoms with Crippen LogP contribution in [0.25, 0.3) is 11.0 Å². The molecule has 4 heterocycles. The van der Waals surface area contributed by atoms with Gasteiger partial charge < -0.3 is 14.6 Å². The molecule has 25 heavy (non-hydrogen) atoms. The Morgan fingerprint density at radius 1 is 1.32 bits per heavy atom. The fourth-order valence-corrected chi connectivity index (χ4v) is 3.33. The van der Waals surface area contributed by atoms with Crippen molar-refractivity contribution in [2.75, 3.05) is 13.1 Å². The zero-order valence-corrected chi connectivity index (χ0v) is 14.0. The van der Waals surface area contributed by atoms with Crippen molar-refractivity contribution in [3.8, 4) is 0 Å². The highest BCUT2D eigenvalue weighted by atomic mass is 16.3. The summed E-state index contributed by atoms with van der Waals surface area (Å²) in [6.07, 6.45) is 9.59. The van der Waals surface area contributed by atoms with E-state index in [0.717, 1.165) is 11.0 Å². The van der Waals surface area contributed by atoms with Gasteiger partial charge in [0.15, 0.2) is 0 Å². The van der Waals surface area contributed by atoms with Crippen molar-refractivity contribution in [2.24, 2.45) is 7.05 Å². The number of hydrogen-bond donors (Lipinski definition) is 1. The van der Waals surface area contributed by atoms with E-state index in [1.165, 1.54) is 0 Å². The van der Waals surface area contributed by atoms with Crippen LogP contribution < -0.4 is 0 Å². The van der Waals surface area contributed by atoms with E-state index in [9.17, 15) is 9.90 Å². The summed E-state index contributed by atoms with van der Waals surface area (Å²) in [5, 5.41) is 14.9. The van der Waals surface area contributed by atoms with Crippen LogP contribution in [0, 0.1) is 0 Å². The SMILES string of the molecule is Cn1ncc2ncc(C(=O)N3CCC(O)(Cn4ccnc4)CC3)cc21. The molecule has 0 bridgehead atoms. The molecule has 0 saturated carbocycles. The van der Waals surface area contributed by atoms with E-state index < -0.39 is 5.60 Å². The monoisotopic (exact) mass is 340 g/mol. The average Bonchev–Trinajstić information content (AvgIpc) is 3.24. The molecule has 0 atom stereocenters. The van der Waals surface area contributed by atoms with E-state index >= 15 is 0 Å².